The minimum Gasteiger partial charge on any atom is -0.343 e. The van der Waals surface area contributed by atoms with Crippen LogP contribution >= 0.6 is 0 Å². The summed E-state index contributed by atoms with van der Waals surface area (Å²) in [6, 6.07) is 15.8. The van der Waals surface area contributed by atoms with E-state index in [1.807, 2.05) is 12.1 Å². The zero-order valence-electron chi connectivity index (χ0n) is 18.0. The summed E-state index contributed by atoms with van der Waals surface area (Å²) in [5.74, 6) is 0. The Kier molecular flexibility index (Phi) is 5.74. The summed E-state index contributed by atoms with van der Waals surface area (Å²) in [6.45, 7) is 7.46. The van der Waals surface area contributed by atoms with E-state index in [1.54, 1.807) is 12.1 Å². The number of aromatic nitrogens is 1. The van der Waals surface area contributed by atoms with Crippen LogP contribution < -0.4 is 0 Å². The minimum absolute atomic E-state index is 0.154. The Hall–Kier alpha value is -2.70. The van der Waals surface area contributed by atoms with Crippen LogP contribution in [0.1, 0.15) is 36.1 Å². The molecule has 6 nitrogen and oxygen atoms in total. The van der Waals surface area contributed by atoms with Crippen molar-refractivity contribution < 1.29 is 4.92 Å². The number of piperidine rings is 1. The molecule has 1 fully saturated rings. The van der Waals surface area contributed by atoms with Gasteiger partial charge in [-0.2, -0.15) is 0 Å². The van der Waals surface area contributed by atoms with E-state index in [9.17, 15) is 10.1 Å². The molecule has 0 atom stereocenters. The Balaban J connectivity index is 1.35. The third-order valence-electron chi connectivity index (χ3n) is 6.88. The average molecular weight is 419 g/mol. The number of fused-ring (bicyclic) bond motifs is 3. The molecule has 31 heavy (non-hydrogen) atoms. The van der Waals surface area contributed by atoms with E-state index < -0.39 is 0 Å². The number of nitro groups is 1. The normalized spacial score (nSPS) is 17.7. The highest BCUT2D eigenvalue weighted by atomic mass is 16.6. The van der Waals surface area contributed by atoms with Crippen LogP contribution in [0.4, 0.5) is 5.69 Å². The Bertz CT molecular complexity index is 1070. The predicted molar refractivity (Wildman–Crippen MR) is 123 cm³/mol. The van der Waals surface area contributed by atoms with Gasteiger partial charge < -0.3 is 9.47 Å². The number of non-ortho nitro benzene ring substituents is 1. The molecule has 2 aliphatic rings. The summed E-state index contributed by atoms with van der Waals surface area (Å²) in [4.78, 5) is 15.7. The molecule has 0 radical (unpaired) electrons. The third-order valence-corrected chi connectivity index (χ3v) is 6.88. The monoisotopic (exact) mass is 418 g/mol. The summed E-state index contributed by atoms with van der Waals surface area (Å²) < 4.78 is 2.57. The van der Waals surface area contributed by atoms with Crippen molar-refractivity contribution in [1.29, 1.82) is 0 Å². The number of hydrogen-bond donors (Lipinski definition) is 0. The van der Waals surface area contributed by atoms with Gasteiger partial charge in [-0.1, -0.05) is 36.8 Å². The zero-order chi connectivity index (χ0) is 21.2. The number of benzene rings is 2. The maximum Gasteiger partial charge on any atom is 0.269 e. The van der Waals surface area contributed by atoms with Crippen molar-refractivity contribution in [3.63, 3.8) is 0 Å². The first-order valence-corrected chi connectivity index (χ1v) is 11.5. The molecule has 5 rings (SSSR count). The number of para-hydroxylation sites is 1. The Morgan fingerprint density at radius 3 is 2.42 bits per heavy atom. The first-order chi connectivity index (χ1) is 15.2. The van der Waals surface area contributed by atoms with Gasteiger partial charge in [0.05, 0.1) is 4.92 Å². The second-order valence-corrected chi connectivity index (χ2v) is 8.88. The van der Waals surface area contributed by atoms with Gasteiger partial charge in [-0.05, 0) is 43.1 Å². The lowest BCUT2D eigenvalue weighted by atomic mass is 10.0. The van der Waals surface area contributed by atoms with Crippen molar-refractivity contribution in [3.8, 4) is 0 Å². The molecule has 2 aliphatic heterocycles. The number of nitro benzene ring substituents is 1. The van der Waals surface area contributed by atoms with Gasteiger partial charge in [0.25, 0.3) is 5.69 Å². The van der Waals surface area contributed by atoms with Gasteiger partial charge >= 0.3 is 0 Å². The summed E-state index contributed by atoms with van der Waals surface area (Å²) >= 11 is 0. The molecule has 0 aliphatic carbocycles. The van der Waals surface area contributed by atoms with E-state index in [-0.39, 0.29) is 10.6 Å². The van der Waals surface area contributed by atoms with Crippen molar-refractivity contribution in [3.05, 3.63) is 75.5 Å². The molecule has 2 aromatic carbocycles. The molecular weight excluding hydrogens is 388 g/mol. The van der Waals surface area contributed by atoms with Crippen LogP contribution in [0.25, 0.3) is 10.9 Å². The third kappa shape index (κ3) is 4.23. The molecule has 0 bridgehead atoms. The SMILES string of the molecule is O=[N+]([O-])c1ccc(CN2CCc3c(c4ccccc4n3CCN3CCCCC3)C2)cc1. The highest BCUT2D eigenvalue weighted by molar-refractivity contribution is 5.85. The first-order valence-electron chi connectivity index (χ1n) is 11.5. The maximum absolute atomic E-state index is 10.9. The zero-order valence-corrected chi connectivity index (χ0v) is 18.0. The minimum atomic E-state index is -0.338. The fourth-order valence-electron chi connectivity index (χ4n) is 5.25. The molecule has 1 saturated heterocycles. The van der Waals surface area contributed by atoms with Crippen LogP contribution in [0.5, 0.6) is 0 Å². The van der Waals surface area contributed by atoms with Crippen LogP contribution in [0.2, 0.25) is 0 Å². The number of rotatable bonds is 6. The summed E-state index contributed by atoms with van der Waals surface area (Å²) in [5.41, 5.74) is 5.60. The summed E-state index contributed by atoms with van der Waals surface area (Å²) in [6.07, 6.45) is 5.10. The molecule has 0 amide bonds. The highest BCUT2D eigenvalue weighted by Gasteiger charge is 2.24. The van der Waals surface area contributed by atoms with E-state index in [0.29, 0.717) is 0 Å². The Morgan fingerprint density at radius 2 is 1.65 bits per heavy atom. The number of hydrogen-bond acceptors (Lipinski definition) is 4. The summed E-state index contributed by atoms with van der Waals surface area (Å²) in [7, 11) is 0. The second kappa shape index (κ2) is 8.81. The lowest BCUT2D eigenvalue weighted by Crippen LogP contribution is -2.34. The van der Waals surface area contributed by atoms with Gasteiger partial charge in [0.15, 0.2) is 0 Å². The summed E-state index contributed by atoms with van der Waals surface area (Å²) in [5, 5.41) is 12.3. The molecule has 0 N–H and O–H groups in total. The highest BCUT2D eigenvalue weighted by Crippen LogP contribution is 2.31. The molecule has 0 saturated carbocycles. The molecule has 6 heteroatoms. The van der Waals surface area contributed by atoms with Gasteiger partial charge in [0.1, 0.15) is 0 Å². The van der Waals surface area contributed by atoms with Crippen molar-refractivity contribution in [2.45, 2.75) is 45.3 Å². The van der Waals surface area contributed by atoms with Crippen molar-refractivity contribution in [1.82, 2.24) is 14.4 Å². The van der Waals surface area contributed by atoms with E-state index in [0.717, 1.165) is 44.7 Å². The van der Waals surface area contributed by atoms with Crippen LogP contribution in [0.3, 0.4) is 0 Å². The van der Waals surface area contributed by atoms with Gasteiger partial charge in [0.2, 0.25) is 0 Å². The van der Waals surface area contributed by atoms with Crippen LogP contribution in [0.15, 0.2) is 48.5 Å². The predicted octanol–water partition coefficient (Wildman–Crippen LogP) is 4.59. The topological polar surface area (TPSA) is 54.6 Å². The fourth-order valence-corrected chi connectivity index (χ4v) is 5.25. The number of nitrogens with zero attached hydrogens (tertiary/aromatic N) is 4. The fraction of sp³-hybridized carbons (Fsp3) is 0.440. The Morgan fingerprint density at radius 1 is 0.871 bits per heavy atom. The molecule has 3 heterocycles. The molecular formula is C25H30N4O2. The quantitative estimate of drug-likeness (QED) is 0.434. The maximum atomic E-state index is 10.9. The molecule has 162 valence electrons. The first kappa shape index (κ1) is 20.2. The lowest BCUT2D eigenvalue weighted by molar-refractivity contribution is -0.384. The molecule has 3 aromatic rings. The van der Waals surface area contributed by atoms with Crippen LogP contribution in [-0.4, -0.2) is 45.5 Å². The van der Waals surface area contributed by atoms with Gasteiger partial charge in [-0.25, -0.2) is 0 Å². The smallest absolute Gasteiger partial charge is 0.269 e. The van der Waals surface area contributed by atoms with E-state index in [1.165, 1.54) is 54.5 Å². The van der Waals surface area contributed by atoms with E-state index in [4.69, 9.17) is 0 Å². The molecule has 0 spiro atoms. The van der Waals surface area contributed by atoms with Crippen LogP contribution in [-0.2, 0) is 26.1 Å². The van der Waals surface area contributed by atoms with Crippen molar-refractivity contribution >= 4 is 16.6 Å². The average Bonchev–Trinajstić information content (AvgIpc) is 3.12. The van der Waals surface area contributed by atoms with E-state index in [2.05, 4.69) is 38.6 Å². The molecule has 1 aromatic heterocycles. The lowest BCUT2D eigenvalue weighted by Gasteiger charge is -2.29. The van der Waals surface area contributed by atoms with E-state index >= 15 is 0 Å². The van der Waals surface area contributed by atoms with Gasteiger partial charge in [-0.3, -0.25) is 15.0 Å². The molecule has 0 unspecified atom stereocenters. The van der Waals surface area contributed by atoms with Gasteiger partial charge in [-0.15, -0.1) is 0 Å². The van der Waals surface area contributed by atoms with Gasteiger partial charge in [0, 0.05) is 67.9 Å². The standard InChI is InChI=1S/C25H30N4O2/c30-29(31)21-10-8-20(9-11-21)18-27-15-12-25-23(19-27)22-6-2-3-7-24(22)28(25)17-16-26-13-4-1-5-14-26/h2-3,6-11H,1,4-5,12-19H2. The Labute approximate surface area is 183 Å². The van der Waals surface area contributed by atoms with Crippen LogP contribution in [0, 0.1) is 10.1 Å². The number of likely N-dealkylation sites (tertiary alicyclic amines) is 1. The second-order valence-electron chi connectivity index (χ2n) is 8.88. The largest absolute Gasteiger partial charge is 0.343 e. The van der Waals surface area contributed by atoms with Crippen molar-refractivity contribution in [2.24, 2.45) is 0 Å². The van der Waals surface area contributed by atoms with Crippen molar-refractivity contribution in [2.75, 3.05) is 26.2 Å².